The number of nitrogens with zero attached hydrogens (tertiary/aromatic N) is 3. The molecular formula is C20H25N3O6S. The molecule has 2 fully saturated rings. The van der Waals surface area contributed by atoms with E-state index >= 15 is 0 Å². The van der Waals surface area contributed by atoms with Gasteiger partial charge in [0.1, 0.15) is 6.04 Å². The van der Waals surface area contributed by atoms with Gasteiger partial charge in [-0.15, -0.1) is 0 Å². The fourth-order valence-corrected chi connectivity index (χ4v) is 5.78. The summed E-state index contributed by atoms with van der Waals surface area (Å²) in [5.74, 6) is -0.792. The fraction of sp³-hybridized carbons (Fsp3) is 0.550. The topological polar surface area (TPSA) is 110 Å². The molecule has 1 amide bonds. The van der Waals surface area contributed by atoms with Gasteiger partial charge in [-0.3, -0.25) is 9.59 Å². The molecule has 1 aromatic heterocycles. The molecule has 10 heteroatoms. The Kier molecular flexibility index (Phi) is 5.79. The number of ether oxygens (including phenoxy) is 1. The van der Waals surface area contributed by atoms with Gasteiger partial charge >= 0.3 is 5.97 Å². The van der Waals surface area contributed by atoms with Gasteiger partial charge in [0, 0.05) is 19.6 Å². The van der Waals surface area contributed by atoms with Crippen LogP contribution in [-0.2, 0) is 19.6 Å². The first-order chi connectivity index (χ1) is 14.4. The summed E-state index contributed by atoms with van der Waals surface area (Å²) in [5, 5.41) is 4.25. The third-order valence-electron chi connectivity index (χ3n) is 5.66. The number of aromatic nitrogens is 1. The molecule has 1 atom stereocenters. The van der Waals surface area contributed by atoms with Gasteiger partial charge in [0.2, 0.25) is 10.0 Å². The van der Waals surface area contributed by atoms with Crippen molar-refractivity contribution < 1.29 is 27.3 Å². The number of sulfonamides is 1. The van der Waals surface area contributed by atoms with E-state index in [-0.39, 0.29) is 29.6 Å². The number of carbonyl (C=O) groups excluding carboxylic acids is 2. The van der Waals surface area contributed by atoms with Crippen LogP contribution in [-0.4, -0.2) is 66.9 Å². The van der Waals surface area contributed by atoms with Crippen molar-refractivity contribution in [1.29, 1.82) is 0 Å². The molecule has 0 saturated carbocycles. The van der Waals surface area contributed by atoms with Crippen molar-refractivity contribution in [2.45, 2.75) is 50.0 Å². The molecule has 3 heterocycles. The molecule has 2 aliphatic rings. The van der Waals surface area contributed by atoms with Crippen molar-refractivity contribution >= 4 is 32.9 Å². The Hall–Kier alpha value is -2.46. The lowest BCUT2D eigenvalue weighted by atomic mass is 10.1. The zero-order valence-electron chi connectivity index (χ0n) is 16.9. The van der Waals surface area contributed by atoms with Crippen molar-refractivity contribution in [1.82, 2.24) is 14.4 Å². The highest BCUT2D eigenvalue weighted by Crippen LogP contribution is 2.30. The van der Waals surface area contributed by atoms with E-state index in [9.17, 15) is 18.0 Å². The second-order valence-corrected chi connectivity index (χ2v) is 9.46. The third kappa shape index (κ3) is 3.69. The van der Waals surface area contributed by atoms with Crippen molar-refractivity contribution in [3.63, 3.8) is 0 Å². The van der Waals surface area contributed by atoms with Crippen LogP contribution in [0.15, 0.2) is 27.6 Å². The molecule has 1 unspecified atom stereocenters. The second-order valence-electron chi connectivity index (χ2n) is 7.57. The maximum atomic E-state index is 13.4. The Bertz CT molecular complexity index is 1060. The van der Waals surface area contributed by atoms with E-state index in [1.165, 1.54) is 22.5 Å². The Labute approximate surface area is 175 Å². The number of hydrogen-bond donors (Lipinski definition) is 0. The average Bonchev–Trinajstić information content (AvgIpc) is 3.43. The van der Waals surface area contributed by atoms with Gasteiger partial charge in [-0.1, -0.05) is 5.16 Å². The number of amides is 1. The Morgan fingerprint density at radius 2 is 1.90 bits per heavy atom. The molecule has 4 rings (SSSR count). The van der Waals surface area contributed by atoms with E-state index in [1.54, 1.807) is 11.8 Å². The van der Waals surface area contributed by atoms with Crippen molar-refractivity contribution in [3.8, 4) is 0 Å². The number of piperidine rings is 1. The largest absolute Gasteiger partial charge is 0.465 e. The summed E-state index contributed by atoms with van der Waals surface area (Å²) >= 11 is 0. The van der Waals surface area contributed by atoms with Crippen LogP contribution < -0.4 is 0 Å². The van der Waals surface area contributed by atoms with Gasteiger partial charge < -0.3 is 14.2 Å². The van der Waals surface area contributed by atoms with E-state index in [4.69, 9.17) is 9.26 Å². The van der Waals surface area contributed by atoms with Crippen LogP contribution in [0.5, 0.6) is 0 Å². The van der Waals surface area contributed by atoms with Crippen LogP contribution in [0.3, 0.4) is 0 Å². The number of fused-ring (bicyclic) bond motifs is 1. The molecule has 30 heavy (non-hydrogen) atoms. The SMILES string of the molecule is CCOC(=O)C1CCCCN1S(=O)(=O)c1ccc2onc(C(=O)N3CCCC3)c2c1. The quantitative estimate of drug-likeness (QED) is 0.662. The minimum Gasteiger partial charge on any atom is -0.465 e. The second kappa shape index (κ2) is 8.35. The highest BCUT2D eigenvalue weighted by molar-refractivity contribution is 7.89. The lowest BCUT2D eigenvalue weighted by molar-refractivity contribution is -0.148. The standard InChI is InChI=1S/C20H25N3O6S/c1-2-28-20(25)16-7-3-4-12-23(16)30(26,27)14-8-9-17-15(13-14)18(21-29-17)19(24)22-10-5-6-11-22/h8-9,13,16H,2-7,10-12H2,1H3. The molecule has 0 bridgehead atoms. The third-order valence-corrected chi connectivity index (χ3v) is 7.56. The first-order valence-electron chi connectivity index (χ1n) is 10.3. The van der Waals surface area contributed by atoms with Gasteiger partial charge in [0.25, 0.3) is 5.91 Å². The lowest BCUT2D eigenvalue weighted by Crippen LogP contribution is -2.48. The Morgan fingerprint density at radius 3 is 2.63 bits per heavy atom. The summed E-state index contributed by atoms with van der Waals surface area (Å²) in [5.41, 5.74) is 0.460. The smallest absolute Gasteiger partial charge is 0.324 e. The van der Waals surface area contributed by atoms with Crippen LogP contribution in [0.1, 0.15) is 49.5 Å². The van der Waals surface area contributed by atoms with E-state index in [2.05, 4.69) is 5.16 Å². The highest BCUT2D eigenvalue weighted by atomic mass is 32.2. The summed E-state index contributed by atoms with van der Waals surface area (Å²) in [6.45, 7) is 3.43. The number of likely N-dealkylation sites (tertiary alicyclic amines) is 1. The van der Waals surface area contributed by atoms with Crippen molar-refractivity contribution in [3.05, 3.63) is 23.9 Å². The number of rotatable bonds is 5. The van der Waals surface area contributed by atoms with E-state index < -0.39 is 22.0 Å². The molecule has 2 aromatic rings. The molecule has 162 valence electrons. The van der Waals surface area contributed by atoms with Crippen LogP contribution in [0.4, 0.5) is 0 Å². The molecule has 0 N–H and O–H groups in total. The zero-order valence-corrected chi connectivity index (χ0v) is 17.7. The minimum atomic E-state index is -3.97. The molecule has 9 nitrogen and oxygen atoms in total. The fourth-order valence-electron chi connectivity index (χ4n) is 4.10. The average molecular weight is 436 g/mol. The van der Waals surface area contributed by atoms with Crippen LogP contribution in [0.2, 0.25) is 0 Å². The number of esters is 1. The molecule has 0 aliphatic carbocycles. The number of benzene rings is 1. The minimum absolute atomic E-state index is 0.00451. The van der Waals surface area contributed by atoms with Gasteiger partial charge in [0.05, 0.1) is 16.9 Å². The molecular weight excluding hydrogens is 410 g/mol. The number of carbonyl (C=O) groups is 2. The summed E-state index contributed by atoms with van der Waals surface area (Å²) in [7, 11) is -3.97. The molecule has 2 saturated heterocycles. The predicted octanol–water partition coefficient (Wildman–Crippen LogP) is 2.17. The summed E-state index contributed by atoms with van der Waals surface area (Å²) in [6.07, 6.45) is 3.72. The Morgan fingerprint density at radius 1 is 1.17 bits per heavy atom. The zero-order chi connectivity index (χ0) is 21.3. The Balaban J connectivity index is 1.69. The summed E-state index contributed by atoms with van der Waals surface area (Å²) in [6, 6.07) is 3.50. The van der Waals surface area contributed by atoms with Gasteiger partial charge in [0.15, 0.2) is 11.3 Å². The summed E-state index contributed by atoms with van der Waals surface area (Å²) in [4.78, 5) is 26.8. The molecule has 0 radical (unpaired) electrons. The van der Waals surface area contributed by atoms with Crippen molar-refractivity contribution in [2.75, 3.05) is 26.2 Å². The first kappa shape index (κ1) is 20.8. The van der Waals surface area contributed by atoms with Crippen LogP contribution in [0.25, 0.3) is 11.0 Å². The van der Waals surface area contributed by atoms with Gasteiger partial charge in [-0.2, -0.15) is 4.31 Å². The van der Waals surface area contributed by atoms with Gasteiger partial charge in [-0.05, 0) is 57.2 Å². The molecule has 0 spiro atoms. The maximum absolute atomic E-state index is 13.4. The highest BCUT2D eigenvalue weighted by Gasteiger charge is 2.39. The first-order valence-corrected chi connectivity index (χ1v) is 11.7. The van der Waals surface area contributed by atoms with Gasteiger partial charge in [-0.25, -0.2) is 8.42 Å². The van der Waals surface area contributed by atoms with E-state index in [1.807, 2.05) is 0 Å². The van der Waals surface area contributed by atoms with E-state index in [0.717, 1.165) is 19.3 Å². The van der Waals surface area contributed by atoms with Crippen molar-refractivity contribution in [2.24, 2.45) is 0 Å². The predicted molar refractivity (Wildman–Crippen MR) is 107 cm³/mol. The summed E-state index contributed by atoms with van der Waals surface area (Å²) < 4.78 is 38.3. The van der Waals surface area contributed by atoms with Crippen LogP contribution in [0, 0.1) is 0 Å². The monoisotopic (exact) mass is 435 g/mol. The van der Waals surface area contributed by atoms with E-state index in [0.29, 0.717) is 36.9 Å². The molecule has 1 aromatic carbocycles. The lowest BCUT2D eigenvalue weighted by Gasteiger charge is -2.32. The molecule has 2 aliphatic heterocycles. The number of hydrogen-bond acceptors (Lipinski definition) is 7. The maximum Gasteiger partial charge on any atom is 0.324 e. The van der Waals surface area contributed by atoms with Crippen LogP contribution >= 0.6 is 0 Å². The normalized spacial score (nSPS) is 20.6.